The van der Waals surface area contributed by atoms with Crippen molar-refractivity contribution < 1.29 is 16.8 Å². The van der Waals surface area contributed by atoms with E-state index in [1.54, 1.807) is 12.1 Å². The Morgan fingerprint density at radius 3 is 2.50 bits per heavy atom. The van der Waals surface area contributed by atoms with E-state index < -0.39 is 31.0 Å². The highest BCUT2D eigenvalue weighted by molar-refractivity contribution is 7.96. The normalized spacial score (nSPS) is 25.3. The first-order valence-electron chi connectivity index (χ1n) is 9.51. The lowest BCUT2D eigenvalue weighted by Crippen LogP contribution is -2.44. The summed E-state index contributed by atoms with van der Waals surface area (Å²) in [6.07, 6.45) is 6.04. The van der Waals surface area contributed by atoms with Crippen molar-refractivity contribution in [1.82, 2.24) is 4.90 Å². The average Bonchev–Trinajstić information content (AvgIpc) is 2.95. The van der Waals surface area contributed by atoms with Gasteiger partial charge in [-0.1, -0.05) is 19.4 Å². The van der Waals surface area contributed by atoms with Gasteiger partial charge in [-0.05, 0) is 69.0 Å². The molecule has 1 fully saturated rings. The van der Waals surface area contributed by atoms with Crippen molar-refractivity contribution in [1.29, 1.82) is 0 Å². The first-order valence-corrected chi connectivity index (χ1v) is 12.9. The molecular formula is C19H29NO4S2. The van der Waals surface area contributed by atoms with Gasteiger partial charge in [-0.3, -0.25) is 0 Å². The molecule has 2 atom stereocenters. The molecule has 2 aliphatic rings. The fourth-order valence-corrected chi connectivity index (χ4v) is 9.10. The topological polar surface area (TPSA) is 71.5 Å². The van der Waals surface area contributed by atoms with Gasteiger partial charge >= 0.3 is 0 Å². The molecule has 1 heterocycles. The van der Waals surface area contributed by atoms with E-state index in [1.165, 1.54) is 5.56 Å². The molecule has 0 bridgehead atoms. The molecule has 0 amide bonds. The van der Waals surface area contributed by atoms with Crippen LogP contribution in [-0.4, -0.2) is 58.1 Å². The molecular weight excluding hydrogens is 370 g/mol. The highest BCUT2D eigenvalue weighted by atomic mass is 32.2. The zero-order valence-corrected chi connectivity index (χ0v) is 17.3. The van der Waals surface area contributed by atoms with Gasteiger partial charge in [0.15, 0.2) is 19.7 Å². The second-order valence-electron chi connectivity index (χ2n) is 7.70. The number of sulfone groups is 2. The minimum atomic E-state index is -3.68. The number of hydrogen-bond donors (Lipinski definition) is 0. The van der Waals surface area contributed by atoms with Gasteiger partial charge in [0.1, 0.15) is 0 Å². The third-order valence-corrected chi connectivity index (χ3v) is 9.87. The summed E-state index contributed by atoms with van der Waals surface area (Å²) in [5, 5.41) is -0.879. The van der Waals surface area contributed by atoms with Crippen LogP contribution in [0.3, 0.4) is 0 Å². The molecule has 5 nitrogen and oxygen atoms in total. The standard InChI is InChI=1S/C19H29NO4S2/c1-3-4-11-20(2)18-13-25(21,22)14-19(18)26(23,24)17-10-9-15-7-5-6-8-16(15)12-17/h9-10,12,18-19H,3-8,11,13-14H2,1-2H3/t18-,19-/m0/s1. The van der Waals surface area contributed by atoms with Crippen LogP contribution >= 0.6 is 0 Å². The van der Waals surface area contributed by atoms with E-state index in [-0.39, 0.29) is 16.4 Å². The van der Waals surface area contributed by atoms with Gasteiger partial charge in [0.2, 0.25) is 0 Å². The van der Waals surface area contributed by atoms with E-state index in [4.69, 9.17) is 0 Å². The molecule has 0 radical (unpaired) electrons. The number of benzene rings is 1. The number of rotatable bonds is 6. The van der Waals surface area contributed by atoms with Crippen LogP contribution < -0.4 is 0 Å². The Morgan fingerprint density at radius 1 is 1.12 bits per heavy atom. The Labute approximate surface area is 157 Å². The molecule has 0 N–H and O–H groups in total. The largest absolute Gasteiger partial charge is 0.301 e. The van der Waals surface area contributed by atoms with Crippen molar-refractivity contribution >= 4 is 19.7 Å². The summed E-state index contributed by atoms with van der Waals surface area (Å²) in [7, 11) is -5.18. The lowest BCUT2D eigenvalue weighted by Gasteiger charge is -2.28. The Balaban J connectivity index is 1.93. The highest BCUT2D eigenvalue weighted by Gasteiger charge is 2.47. The predicted molar refractivity (Wildman–Crippen MR) is 104 cm³/mol. The first-order chi connectivity index (χ1) is 12.2. The molecule has 1 saturated heterocycles. The fourth-order valence-electron chi connectivity index (χ4n) is 4.14. The minimum absolute atomic E-state index is 0.0674. The van der Waals surface area contributed by atoms with Crippen LogP contribution in [0.25, 0.3) is 0 Å². The fraction of sp³-hybridized carbons (Fsp3) is 0.684. The van der Waals surface area contributed by atoms with Crippen LogP contribution in [0.5, 0.6) is 0 Å². The van der Waals surface area contributed by atoms with Gasteiger partial charge in [0.25, 0.3) is 0 Å². The van der Waals surface area contributed by atoms with E-state index in [9.17, 15) is 16.8 Å². The van der Waals surface area contributed by atoms with Gasteiger partial charge in [-0.2, -0.15) is 0 Å². The van der Waals surface area contributed by atoms with Crippen molar-refractivity contribution in [3.8, 4) is 0 Å². The molecule has 0 unspecified atom stereocenters. The number of hydrogen-bond acceptors (Lipinski definition) is 5. The molecule has 1 aliphatic heterocycles. The molecule has 1 aliphatic carbocycles. The third kappa shape index (κ3) is 3.99. The van der Waals surface area contributed by atoms with E-state index in [2.05, 4.69) is 6.92 Å². The van der Waals surface area contributed by atoms with Crippen LogP contribution in [0.2, 0.25) is 0 Å². The van der Waals surface area contributed by atoms with E-state index >= 15 is 0 Å². The molecule has 146 valence electrons. The third-order valence-electron chi connectivity index (χ3n) is 5.75. The second-order valence-corrected chi connectivity index (χ2v) is 12.0. The smallest absolute Gasteiger partial charge is 0.183 e. The first kappa shape index (κ1) is 19.8. The minimum Gasteiger partial charge on any atom is -0.301 e. The van der Waals surface area contributed by atoms with Crippen LogP contribution in [0.15, 0.2) is 23.1 Å². The van der Waals surface area contributed by atoms with Gasteiger partial charge < -0.3 is 4.90 Å². The Hall–Kier alpha value is -0.920. The zero-order valence-electron chi connectivity index (χ0n) is 15.6. The molecule has 7 heteroatoms. The number of fused-ring (bicyclic) bond motifs is 1. The maximum atomic E-state index is 13.3. The predicted octanol–water partition coefficient (Wildman–Crippen LogP) is 2.24. The monoisotopic (exact) mass is 399 g/mol. The van der Waals surface area contributed by atoms with Crippen molar-refractivity contribution in [3.63, 3.8) is 0 Å². The van der Waals surface area contributed by atoms with Crippen molar-refractivity contribution in [2.75, 3.05) is 25.1 Å². The number of nitrogens with zero attached hydrogens (tertiary/aromatic N) is 1. The van der Waals surface area contributed by atoms with E-state index in [0.29, 0.717) is 6.54 Å². The maximum absolute atomic E-state index is 13.3. The summed E-state index contributed by atoms with van der Waals surface area (Å²) in [5.74, 6) is -0.338. The zero-order chi connectivity index (χ0) is 18.9. The van der Waals surface area contributed by atoms with E-state index in [0.717, 1.165) is 44.1 Å². The van der Waals surface area contributed by atoms with Gasteiger partial charge in [0.05, 0.1) is 21.7 Å². The van der Waals surface area contributed by atoms with Crippen LogP contribution in [0, 0.1) is 0 Å². The molecule has 26 heavy (non-hydrogen) atoms. The van der Waals surface area contributed by atoms with Crippen LogP contribution in [0.1, 0.15) is 43.7 Å². The lowest BCUT2D eigenvalue weighted by atomic mass is 9.92. The lowest BCUT2D eigenvalue weighted by molar-refractivity contribution is 0.259. The van der Waals surface area contributed by atoms with Crippen molar-refractivity contribution in [2.24, 2.45) is 0 Å². The van der Waals surface area contributed by atoms with Gasteiger partial charge in [-0.25, -0.2) is 16.8 Å². The summed E-state index contributed by atoms with van der Waals surface area (Å²) in [5.41, 5.74) is 2.33. The summed E-state index contributed by atoms with van der Waals surface area (Å²) in [6.45, 7) is 2.79. The molecule has 1 aromatic carbocycles. The SMILES string of the molecule is CCCCN(C)[C@H]1CS(=O)(=O)C[C@@H]1S(=O)(=O)c1ccc2c(c1)CCCC2. The average molecular weight is 400 g/mol. The number of aryl methyl sites for hydroxylation is 2. The van der Waals surface area contributed by atoms with Crippen molar-refractivity contribution in [3.05, 3.63) is 29.3 Å². The second kappa shape index (κ2) is 7.60. The molecule has 1 aromatic rings. The van der Waals surface area contributed by atoms with Gasteiger partial charge in [-0.15, -0.1) is 0 Å². The molecule has 0 aromatic heterocycles. The Kier molecular flexibility index (Phi) is 5.80. The number of unbranched alkanes of at least 4 members (excludes halogenated alkanes) is 1. The Morgan fingerprint density at radius 2 is 1.81 bits per heavy atom. The summed E-state index contributed by atoms with van der Waals surface area (Å²) in [4.78, 5) is 2.21. The van der Waals surface area contributed by atoms with Gasteiger partial charge in [0, 0.05) is 6.04 Å². The van der Waals surface area contributed by atoms with Crippen LogP contribution in [-0.2, 0) is 32.5 Å². The quantitative estimate of drug-likeness (QED) is 0.734. The molecule has 0 spiro atoms. The Bertz CT molecular complexity index is 862. The maximum Gasteiger partial charge on any atom is 0.183 e. The summed E-state index contributed by atoms with van der Waals surface area (Å²) >= 11 is 0. The molecule has 0 saturated carbocycles. The highest BCUT2D eigenvalue weighted by Crippen LogP contribution is 2.31. The summed E-state index contributed by atoms with van der Waals surface area (Å²) < 4.78 is 51.1. The van der Waals surface area contributed by atoms with Crippen molar-refractivity contribution in [2.45, 2.75) is 61.6 Å². The molecule has 3 rings (SSSR count). The van der Waals surface area contributed by atoms with E-state index in [1.807, 2.05) is 18.0 Å². The van der Waals surface area contributed by atoms with Crippen LogP contribution in [0.4, 0.5) is 0 Å². The summed E-state index contributed by atoms with van der Waals surface area (Å²) in [6, 6.07) is 4.92.